The quantitative estimate of drug-likeness (QED) is 0.596. The van der Waals surface area contributed by atoms with Gasteiger partial charge in [0, 0.05) is 37.4 Å². The third kappa shape index (κ3) is 4.80. The summed E-state index contributed by atoms with van der Waals surface area (Å²) in [5, 5.41) is 0.693. The van der Waals surface area contributed by atoms with Crippen molar-refractivity contribution in [3.05, 3.63) is 59.9 Å². The molecule has 1 amide bonds. The molecule has 5 nitrogen and oxygen atoms in total. The number of hydrogen-bond donors (Lipinski definition) is 0. The van der Waals surface area contributed by atoms with Crippen LogP contribution in [0.3, 0.4) is 0 Å². The first-order valence-electron chi connectivity index (χ1n) is 8.67. The van der Waals surface area contributed by atoms with E-state index in [1.54, 1.807) is 7.11 Å². The van der Waals surface area contributed by atoms with Gasteiger partial charge in [0.25, 0.3) is 5.91 Å². The number of rotatable bonds is 3. The van der Waals surface area contributed by atoms with E-state index >= 15 is 0 Å². The van der Waals surface area contributed by atoms with Gasteiger partial charge in [-0.05, 0) is 54.8 Å². The number of hydrogen-bond acceptors (Lipinski definition) is 4. The zero-order valence-corrected chi connectivity index (χ0v) is 16.2. The summed E-state index contributed by atoms with van der Waals surface area (Å²) in [6.07, 6.45) is 1.91. The Labute approximate surface area is 162 Å². The van der Waals surface area contributed by atoms with Gasteiger partial charge in [-0.2, -0.15) is 4.99 Å². The number of benzene rings is 2. The molecule has 2 aromatic carbocycles. The van der Waals surface area contributed by atoms with Crippen molar-refractivity contribution >= 4 is 28.5 Å². The Morgan fingerprint density at radius 2 is 1.67 bits per heavy atom. The lowest BCUT2D eigenvalue weighted by molar-refractivity contribution is 0.100. The summed E-state index contributed by atoms with van der Waals surface area (Å²) >= 11 is 1.45. The van der Waals surface area contributed by atoms with Crippen molar-refractivity contribution in [2.45, 2.75) is 0 Å². The van der Waals surface area contributed by atoms with Crippen LogP contribution < -0.4 is 9.64 Å². The first-order chi connectivity index (χ1) is 13.1. The van der Waals surface area contributed by atoms with Gasteiger partial charge in [0.2, 0.25) is 0 Å². The molecular weight excluding hydrogens is 365 g/mol. The Balaban J connectivity index is 1.63. The number of amides is 1. The van der Waals surface area contributed by atoms with Crippen LogP contribution in [-0.2, 0) is 0 Å². The van der Waals surface area contributed by atoms with Crippen LogP contribution in [0.4, 0.5) is 10.1 Å². The number of halogens is 1. The monoisotopic (exact) mass is 387 g/mol. The van der Waals surface area contributed by atoms with Crippen LogP contribution in [0.2, 0.25) is 0 Å². The van der Waals surface area contributed by atoms with Gasteiger partial charge in [-0.25, -0.2) is 4.39 Å². The largest absolute Gasteiger partial charge is 0.497 e. The summed E-state index contributed by atoms with van der Waals surface area (Å²) in [6, 6.07) is 13.5. The summed E-state index contributed by atoms with van der Waals surface area (Å²) in [6.45, 7) is 3.25. The normalized spacial score (nSPS) is 15.0. The van der Waals surface area contributed by atoms with Crippen LogP contribution >= 0.6 is 11.8 Å². The molecule has 3 rings (SSSR count). The molecule has 0 aromatic heterocycles. The minimum atomic E-state index is -0.365. The van der Waals surface area contributed by atoms with Crippen LogP contribution in [-0.4, -0.2) is 55.5 Å². The van der Waals surface area contributed by atoms with Crippen LogP contribution in [0.25, 0.3) is 0 Å². The van der Waals surface area contributed by atoms with Crippen molar-refractivity contribution in [3.63, 3.8) is 0 Å². The van der Waals surface area contributed by atoms with Crippen molar-refractivity contribution in [1.82, 2.24) is 4.90 Å². The first-order valence-corrected chi connectivity index (χ1v) is 9.89. The molecule has 27 heavy (non-hydrogen) atoms. The highest BCUT2D eigenvalue weighted by Gasteiger charge is 2.21. The maximum atomic E-state index is 13.0. The topological polar surface area (TPSA) is 45.1 Å². The predicted octanol–water partition coefficient (Wildman–Crippen LogP) is 3.52. The molecular formula is C20H22FN3O2S. The molecule has 2 aromatic rings. The zero-order chi connectivity index (χ0) is 19.2. The van der Waals surface area contributed by atoms with Crippen molar-refractivity contribution < 1.29 is 13.9 Å². The van der Waals surface area contributed by atoms with Crippen LogP contribution in [0.1, 0.15) is 10.4 Å². The maximum absolute atomic E-state index is 13.0. The average Bonchev–Trinajstić information content (AvgIpc) is 2.72. The molecule has 0 aliphatic carbocycles. The highest BCUT2D eigenvalue weighted by Crippen LogP contribution is 2.21. The lowest BCUT2D eigenvalue weighted by atomic mass is 10.2. The summed E-state index contributed by atoms with van der Waals surface area (Å²) in [5.41, 5.74) is 1.54. The molecule has 0 saturated carbocycles. The molecule has 0 spiro atoms. The number of anilines is 1. The van der Waals surface area contributed by atoms with Crippen molar-refractivity contribution in [1.29, 1.82) is 0 Å². The van der Waals surface area contributed by atoms with Gasteiger partial charge in [0.15, 0.2) is 5.17 Å². The van der Waals surface area contributed by atoms with Crippen molar-refractivity contribution in [3.8, 4) is 5.75 Å². The van der Waals surface area contributed by atoms with Crippen LogP contribution in [0.15, 0.2) is 53.5 Å². The standard InChI is InChI=1S/C20H22FN3O2S/c1-26-18-9-7-17(8-10-18)23-11-13-24(14-12-23)20(27-2)22-19(25)15-3-5-16(21)6-4-15/h3-10H,11-14H2,1-2H3/b22-20-. The smallest absolute Gasteiger partial charge is 0.279 e. The minimum absolute atomic E-state index is 0.350. The molecule has 0 unspecified atom stereocenters. The van der Waals surface area contributed by atoms with E-state index in [2.05, 4.69) is 26.9 Å². The summed E-state index contributed by atoms with van der Waals surface area (Å²) in [7, 11) is 1.66. The second kappa shape index (κ2) is 8.90. The first kappa shape index (κ1) is 19.2. The fraction of sp³-hybridized carbons (Fsp3) is 0.300. The molecule has 0 atom stereocenters. The van der Waals surface area contributed by atoms with Gasteiger partial charge in [0.05, 0.1) is 7.11 Å². The third-order valence-electron chi connectivity index (χ3n) is 4.46. The fourth-order valence-electron chi connectivity index (χ4n) is 2.94. The second-order valence-electron chi connectivity index (χ2n) is 6.08. The number of carbonyl (C=O) groups excluding carboxylic acids is 1. The second-order valence-corrected chi connectivity index (χ2v) is 6.86. The molecule has 142 valence electrons. The molecule has 1 aliphatic rings. The lowest BCUT2D eigenvalue weighted by Gasteiger charge is -2.37. The molecule has 7 heteroatoms. The highest BCUT2D eigenvalue weighted by atomic mass is 32.2. The highest BCUT2D eigenvalue weighted by molar-refractivity contribution is 8.13. The van der Waals surface area contributed by atoms with Gasteiger partial charge in [-0.3, -0.25) is 4.79 Å². The summed E-state index contributed by atoms with van der Waals surface area (Å²) in [5.74, 6) is 0.126. The minimum Gasteiger partial charge on any atom is -0.497 e. The zero-order valence-electron chi connectivity index (χ0n) is 15.4. The number of piperazine rings is 1. The van der Waals surface area contributed by atoms with Crippen LogP contribution in [0.5, 0.6) is 5.75 Å². The molecule has 1 saturated heterocycles. The van der Waals surface area contributed by atoms with Gasteiger partial charge < -0.3 is 14.5 Å². The van der Waals surface area contributed by atoms with E-state index in [1.165, 1.54) is 36.0 Å². The third-order valence-corrected chi connectivity index (χ3v) is 5.17. The van der Waals surface area contributed by atoms with Gasteiger partial charge in [-0.15, -0.1) is 0 Å². The number of methoxy groups -OCH3 is 1. The maximum Gasteiger partial charge on any atom is 0.279 e. The number of amidine groups is 1. The number of aliphatic imine (C=N–C) groups is 1. The molecule has 1 heterocycles. The molecule has 1 fully saturated rings. The number of nitrogens with zero attached hydrogens (tertiary/aromatic N) is 3. The average molecular weight is 387 g/mol. The molecule has 1 aliphatic heterocycles. The van der Waals surface area contributed by atoms with Gasteiger partial charge >= 0.3 is 0 Å². The number of ether oxygens (including phenoxy) is 1. The van der Waals surface area contributed by atoms with Gasteiger partial charge in [0.1, 0.15) is 11.6 Å². The van der Waals surface area contributed by atoms with Crippen LogP contribution in [0, 0.1) is 5.82 Å². The Kier molecular flexibility index (Phi) is 6.34. The fourth-order valence-corrected chi connectivity index (χ4v) is 3.55. The van der Waals surface area contributed by atoms with Crippen molar-refractivity contribution in [2.75, 3.05) is 44.4 Å². The van der Waals surface area contributed by atoms with E-state index in [0.717, 1.165) is 37.6 Å². The Hall–Kier alpha value is -2.54. The van der Waals surface area contributed by atoms with E-state index in [0.29, 0.717) is 10.7 Å². The van der Waals surface area contributed by atoms with Gasteiger partial charge in [-0.1, -0.05) is 11.8 Å². The van der Waals surface area contributed by atoms with E-state index in [4.69, 9.17) is 4.74 Å². The van der Waals surface area contributed by atoms with Crippen molar-refractivity contribution in [2.24, 2.45) is 4.99 Å². The molecule has 0 bridgehead atoms. The number of carbonyl (C=O) groups is 1. The lowest BCUT2D eigenvalue weighted by Crippen LogP contribution is -2.48. The Morgan fingerprint density at radius 3 is 2.22 bits per heavy atom. The van der Waals surface area contributed by atoms with E-state index in [-0.39, 0.29) is 11.7 Å². The molecule has 0 N–H and O–H groups in total. The predicted molar refractivity (Wildman–Crippen MR) is 108 cm³/mol. The molecule has 0 radical (unpaired) electrons. The Bertz CT molecular complexity index is 801. The van der Waals surface area contributed by atoms with E-state index in [9.17, 15) is 9.18 Å². The summed E-state index contributed by atoms with van der Waals surface area (Å²) in [4.78, 5) is 21.0. The summed E-state index contributed by atoms with van der Waals surface area (Å²) < 4.78 is 18.2. The SMILES string of the molecule is COc1ccc(N2CCN(/C(=N/C(=O)c3ccc(F)cc3)SC)CC2)cc1. The number of thioether (sulfide) groups is 1. The van der Waals surface area contributed by atoms with E-state index in [1.807, 2.05) is 18.4 Å². The Morgan fingerprint density at radius 1 is 1.04 bits per heavy atom. The van der Waals surface area contributed by atoms with E-state index < -0.39 is 0 Å².